The van der Waals surface area contributed by atoms with Gasteiger partial charge in [0.1, 0.15) is 16.3 Å². The van der Waals surface area contributed by atoms with Gasteiger partial charge in [-0.1, -0.05) is 42.8 Å². The zero-order chi connectivity index (χ0) is 21.7. The number of fused-ring (bicyclic) bond motifs is 1. The van der Waals surface area contributed by atoms with Crippen molar-refractivity contribution >= 4 is 33.3 Å². The van der Waals surface area contributed by atoms with Gasteiger partial charge < -0.3 is 20.9 Å². The molecule has 1 aliphatic rings. The molecule has 10 heteroatoms. The van der Waals surface area contributed by atoms with Crippen molar-refractivity contribution in [2.45, 2.75) is 18.2 Å². The van der Waals surface area contributed by atoms with Crippen molar-refractivity contribution < 1.29 is 18.3 Å². The number of rotatable bonds is 6. The molecule has 0 unspecified atom stereocenters. The number of nitrogens with two attached hydrogens (primary N) is 1. The number of para-hydroxylation sites is 2. The van der Waals surface area contributed by atoms with Crippen molar-refractivity contribution in [2.24, 2.45) is 10.7 Å². The number of guanidine groups is 1. The Kier molecular flexibility index (Phi) is 6.53. The van der Waals surface area contributed by atoms with Gasteiger partial charge >= 0.3 is 0 Å². The van der Waals surface area contributed by atoms with Crippen LogP contribution < -0.4 is 20.5 Å². The molecule has 3 rings (SSSR count). The van der Waals surface area contributed by atoms with Crippen LogP contribution in [0.3, 0.4) is 0 Å². The molecule has 1 heterocycles. The number of nitrogens with zero attached hydrogens (tertiary/aromatic N) is 1. The lowest BCUT2D eigenvalue weighted by Gasteiger charge is -2.23. The van der Waals surface area contributed by atoms with Gasteiger partial charge in [0, 0.05) is 6.08 Å². The molecule has 8 nitrogen and oxygen atoms in total. The van der Waals surface area contributed by atoms with E-state index in [2.05, 4.69) is 15.0 Å². The Balaban J connectivity index is 1.95. The van der Waals surface area contributed by atoms with Crippen molar-refractivity contribution in [3.63, 3.8) is 0 Å². The standard InChI is InChI=1S/C20H21ClN4O4S/c1-2-6-13(11-18(22)26)12-23-20-24-19-16(29-15-8-4-3-7-14(15)21)9-5-10-17(19)30(27,28)25-20/h3-11,26H,2,12,22H2,1H3,(H2,23,24,25)/b13-6+,18-11+. The number of allylic oxidation sites excluding steroid dienone is 1. The monoisotopic (exact) mass is 448 g/mol. The number of halogens is 1. The maximum atomic E-state index is 12.7. The number of ether oxygens (including phenoxy) is 1. The van der Waals surface area contributed by atoms with Gasteiger partial charge in [0.25, 0.3) is 10.0 Å². The Morgan fingerprint density at radius 3 is 2.67 bits per heavy atom. The highest BCUT2D eigenvalue weighted by molar-refractivity contribution is 7.90. The summed E-state index contributed by atoms with van der Waals surface area (Å²) in [6, 6.07) is 11.5. The average molecular weight is 449 g/mol. The van der Waals surface area contributed by atoms with Gasteiger partial charge in [0.2, 0.25) is 5.96 Å². The third-order valence-corrected chi connectivity index (χ3v) is 5.72. The fourth-order valence-electron chi connectivity index (χ4n) is 2.78. The first-order chi connectivity index (χ1) is 14.3. The predicted molar refractivity (Wildman–Crippen MR) is 117 cm³/mol. The summed E-state index contributed by atoms with van der Waals surface area (Å²) >= 11 is 6.16. The van der Waals surface area contributed by atoms with Crippen LogP contribution in [0.1, 0.15) is 13.3 Å². The Morgan fingerprint density at radius 1 is 1.23 bits per heavy atom. The summed E-state index contributed by atoms with van der Waals surface area (Å²) in [6.07, 6.45) is 3.89. The largest absolute Gasteiger partial charge is 0.495 e. The van der Waals surface area contributed by atoms with Crippen LogP contribution in [0.15, 0.2) is 76.0 Å². The maximum absolute atomic E-state index is 12.7. The van der Waals surface area contributed by atoms with Gasteiger partial charge in [-0.25, -0.2) is 18.1 Å². The minimum atomic E-state index is -3.86. The zero-order valence-electron chi connectivity index (χ0n) is 16.1. The topological polar surface area (TPSA) is 126 Å². The summed E-state index contributed by atoms with van der Waals surface area (Å²) in [5, 5.41) is 12.6. The van der Waals surface area contributed by atoms with E-state index in [9.17, 15) is 13.5 Å². The molecule has 0 bridgehead atoms. The first-order valence-electron chi connectivity index (χ1n) is 9.05. The van der Waals surface area contributed by atoms with Gasteiger partial charge in [0.15, 0.2) is 11.6 Å². The molecule has 0 saturated heterocycles. The molecule has 2 aromatic rings. The Morgan fingerprint density at radius 2 is 1.97 bits per heavy atom. The zero-order valence-corrected chi connectivity index (χ0v) is 17.7. The Bertz CT molecular complexity index is 1140. The van der Waals surface area contributed by atoms with Gasteiger partial charge in [0.05, 0.1) is 11.6 Å². The smallest absolute Gasteiger partial charge is 0.266 e. The van der Waals surface area contributed by atoms with Crippen LogP contribution in [0.5, 0.6) is 11.5 Å². The Labute approximate surface area is 179 Å². The summed E-state index contributed by atoms with van der Waals surface area (Å²) in [5.41, 5.74) is 6.20. The number of aliphatic imine (C=N–C) groups is 1. The highest BCUT2D eigenvalue weighted by atomic mass is 35.5. The number of aliphatic hydroxyl groups is 1. The van der Waals surface area contributed by atoms with Crippen LogP contribution in [0.2, 0.25) is 5.02 Å². The summed E-state index contributed by atoms with van der Waals surface area (Å²) in [6.45, 7) is 2.02. The molecule has 2 aromatic carbocycles. The van der Waals surface area contributed by atoms with E-state index in [4.69, 9.17) is 22.1 Å². The molecule has 1 aliphatic heterocycles. The van der Waals surface area contributed by atoms with Crippen LogP contribution in [0.4, 0.5) is 5.69 Å². The first-order valence-corrected chi connectivity index (χ1v) is 10.9. The molecule has 0 fully saturated rings. The summed E-state index contributed by atoms with van der Waals surface area (Å²) in [7, 11) is -3.86. The van der Waals surface area contributed by atoms with Gasteiger partial charge in [-0.2, -0.15) is 0 Å². The van der Waals surface area contributed by atoms with E-state index in [0.717, 1.165) is 0 Å². The first kappa shape index (κ1) is 21.5. The number of aliphatic hydroxyl groups excluding tert-OH is 1. The fraction of sp³-hybridized carbons (Fsp3) is 0.150. The molecule has 158 valence electrons. The van der Waals surface area contributed by atoms with Crippen LogP contribution in [0.25, 0.3) is 0 Å². The van der Waals surface area contributed by atoms with E-state index in [-0.39, 0.29) is 34.7 Å². The average Bonchev–Trinajstić information content (AvgIpc) is 2.68. The van der Waals surface area contributed by atoms with Gasteiger partial charge in [-0.3, -0.25) is 0 Å². The molecule has 0 saturated carbocycles. The molecule has 0 aromatic heterocycles. The van der Waals surface area contributed by atoms with Crippen molar-refractivity contribution in [1.29, 1.82) is 0 Å². The third kappa shape index (κ3) is 5.05. The predicted octanol–water partition coefficient (Wildman–Crippen LogP) is 3.89. The van der Waals surface area contributed by atoms with E-state index in [1.54, 1.807) is 36.4 Å². The molecule has 0 amide bonds. The van der Waals surface area contributed by atoms with Crippen LogP contribution in [-0.4, -0.2) is 26.0 Å². The summed E-state index contributed by atoms with van der Waals surface area (Å²) < 4.78 is 33.7. The second kappa shape index (κ2) is 9.10. The Hall–Kier alpha value is -3.17. The number of hydrogen-bond donors (Lipinski definition) is 4. The SMILES string of the molecule is CC/C=C(\C=C(/N)O)CN=C1Nc2c(Oc3ccccc3Cl)cccc2S(=O)(=O)N1. The number of benzene rings is 2. The third-order valence-electron chi connectivity index (χ3n) is 4.03. The fourth-order valence-corrected chi connectivity index (χ4v) is 4.11. The molecule has 0 spiro atoms. The van der Waals surface area contributed by atoms with Gasteiger partial charge in [-0.15, -0.1) is 0 Å². The lowest BCUT2D eigenvalue weighted by Crippen LogP contribution is -2.41. The van der Waals surface area contributed by atoms with Crippen LogP contribution >= 0.6 is 11.6 Å². The normalized spacial score (nSPS) is 17.1. The molecular weight excluding hydrogens is 428 g/mol. The second-order valence-electron chi connectivity index (χ2n) is 6.31. The highest BCUT2D eigenvalue weighted by Gasteiger charge is 2.29. The van der Waals surface area contributed by atoms with Gasteiger partial charge in [-0.05, 0) is 36.3 Å². The quantitative estimate of drug-likeness (QED) is 0.392. The lowest BCUT2D eigenvalue weighted by atomic mass is 10.2. The van der Waals surface area contributed by atoms with Crippen LogP contribution in [0, 0.1) is 0 Å². The van der Waals surface area contributed by atoms with Crippen molar-refractivity contribution in [1.82, 2.24) is 4.72 Å². The van der Waals surface area contributed by atoms with Crippen molar-refractivity contribution in [3.8, 4) is 11.5 Å². The number of hydrogen-bond acceptors (Lipinski definition) is 6. The van der Waals surface area contributed by atoms with Crippen LogP contribution in [-0.2, 0) is 10.0 Å². The van der Waals surface area contributed by atoms with E-state index in [0.29, 0.717) is 22.8 Å². The lowest BCUT2D eigenvalue weighted by molar-refractivity contribution is 0.405. The number of anilines is 1. The molecule has 0 aliphatic carbocycles. The number of sulfonamides is 1. The van der Waals surface area contributed by atoms with E-state index in [1.165, 1.54) is 12.1 Å². The molecule has 5 N–H and O–H groups in total. The molecule has 0 atom stereocenters. The van der Waals surface area contributed by atoms with E-state index in [1.807, 2.05) is 13.0 Å². The summed E-state index contributed by atoms with van der Waals surface area (Å²) in [4.78, 5) is 4.29. The minimum absolute atomic E-state index is 0.0182. The van der Waals surface area contributed by atoms with E-state index >= 15 is 0 Å². The molecule has 30 heavy (non-hydrogen) atoms. The maximum Gasteiger partial charge on any atom is 0.266 e. The summed E-state index contributed by atoms with van der Waals surface area (Å²) in [5.74, 6) is 0.334. The highest BCUT2D eigenvalue weighted by Crippen LogP contribution is 2.38. The molecule has 0 radical (unpaired) electrons. The van der Waals surface area contributed by atoms with Crippen molar-refractivity contribution in [3.05, 3.63) is 71.1 Å². The number of nitrogens with one attached hydrogen (secondary N) is 2. The van der Waals surface area contributed by atoms with Crippen molar-refractivity contribution in [2.75, 3.05) is 11.9 Å². The second-order valence-corrected chi connectivity index (χ2v) is 8.37. The minimum Gasteiger partial charge on any atom is -0.495 e. The molecular formula is C20H21ClN4O4S. The van der Waals surface area contributed by atoms with E-state index < -0.39 is 10.0 Å².